The number of carbonyl (C=O) groups is 2. The summed E-state index contributed by atoms with van der Waals surface area (Å²) in [5.41, 5.74) is 0.330. The van der Waals surface area contributed by atoms with Gasteiger partial charge in [0.05, 0.1) is 28.8 Å². The first kappa shape index (κ1) is 23.5. The molecule has 1 unspecified atom stereocenters. The van der Waals surface area contributed by atoms with Crippen molar-refractivity contribution in [2.75, 3.05) is 31.6 Å². The van der Waals surface area contributed by atoms with Crippen LogP contribution in [0.25, 0.3) is 0 Å². The molecular formula is C20H20Cl2N2O6S. The molecule has 0 radical (unpaired) electrons. The van der Waals surface area contributed by atoms with E-state index in [2.05, 4.69) is 5.32 Å². The molecule has 11 heteroatoms. The van der Waals surface area contributed by atoms with Crippen LogP contribution in [0.2, 0.25) is 10.0 Å². The second-order valence-corrected chi connectivity index (χ2v) is 9.40. The quantitative estimate of drug-likeness (QED) is 0.628. The molecule has 1 heterocycles. The van der Waals surface area contributed by atoms with E-state index in [4.69, 9.17) is 32.7 Å². The first-order valence-corrected chi connectivity index (χ1v) is 11.5. The minimum atomic E-state index is -3.98. The van der Waals surface area contributed by atoms with Crippen LogP contribution in [0.5, 0.6) is 0 Å². The molecule has 8 nitrogen and oxygen atoms in total. The van der Waals surface area contributed by atoms with Crippen LogP contribution in [0.3, 0.4) is 0 Å². The van der Waals surface area contributed by atoms with Crippen molar-refractivity contribution >= 4 is 50.8 Å². The van der Waals surface area contributed by atoms with E-state index in [0.29, 0.717) is 5.69 Å². The van der Waals surface area contributed by atoms with Gasteiger partial charge in [-0.1, -0.05) is 41.4 Å². The molecule has 1 aliphatic rings. The van der Waals surface area contributed by atoms with Gasteiger partial charge in [-0.25, -0.2) is 13.2 Å². The average Bonchev–Trinajstić information content (AvgIpc) is 2.74. The highest BCUT2D eigenvalue weighted by Crippen LogP contribution is 2.31. The lowest BCUT2D eigenvalue weighted by molar-refractivity contribution is -0.123. The first-order chi connectivity index (χ1) is 14.7. The van der Waals surface area contributed by atoms with Crippen molar-refractivity contribution < 1.29 is 27.5 Å². The molecule has 2 aromatic rings. The first-order valence-electron chi connectivity index (χ1n) is 9.34. The zero-order valence-electron chi connectivity index (χ0n) is 16.5. The van der Waals surface area contributed by atoms with Crippen LogP contribution in [0.15, 0.2) is 47.4 Å². The van der Waals surface area contributed by atoms with E-state index in [1.54, 1.807) is 30.3 Å². The summed E-state index contributed by atoms with van der Waals surface area (Å²) >= 11 is 12.2. The Balaban J connectivity index is 1.79. The largest absolute Gasteiger partial charge is 0.449 e. The molecular weight excluding hydrogens is 467 g/mol. The van der Waals surface area contributed by atoms with Crippen molar-refractivity contribution in [1.82, 2.24) is 4.31 Å². The highest BCUT2D eigenvalue weighted by Gasteiger charge is 2.31. The molecule has 166 valence electrons. The molecule has 1 amide bonds. The lowest BCUT2D eigenvalue weighted by Crippen LogP contribution is -2.40. The fourth-order valence-electron chi connectivity index (χ4n) is 2.85. The number of halogens is 2. The van der Waals surface area contributed by atoms with E-state index in [9.17, 15) is 18.0 Å². The Hall–Kier alpha value is -2.17. The van der Waals surface area contributed by atoms with Gasteiger partial charge in [0.15, 0.2) is 6.10 Å². The minimum Gasteiger partial charge on any atom is -0.449 e. The van der Waals surface area contributed by atoms with Crippen LogP contribution >= 0.6 is 23.2 Å². The van der Waals surface area contributed by atoms with Crippen molar-refractivity contribution in [3.63, 3.8) is 0 Å². The number of nitrogens with zero attached hydrogens (tertiary/aromatic N) is 1. The number of rotatable bonds is 6. The number of anilines is 1. The molecule has 2 aromatic carbocycles. The third-order valence-electron chi connectivity index (χ3n) is 4.52. The third kappa shape index (κ3) is 5.55. The van der Waals surface area contributed by atoms with Crippen molar-refractivity contribution in [2.45, 2.75) is 17.9 Å². The Labute approximate surface area is 190 Å². The van der Waals surface area contributed by atoms with Gasteiger partial charge in [-0.15, -0.1) is 0 Å². The Morgan fingerprint density at radius 1 is 1.10 bits per heavy atom. The van der Waals surface area contributed by atoms with Gasteiger partial charge in [-0.2, -0.15) is 4.31 Å². The van der Waals surface area contributed by atoms with Crippen LogP contribution in [0.4, 0.5) is 5.69 Å². The molecule has 1 aliphatic heterocycles. The summed E-state index contributed by atoms with van der Waals surface area (Å²) in [7, 11) is -3.98. The zero-order valence-corrected chi connectivity index (χ0v) is 18.8. The highest BCUT2D eigenvalue weighted by atomic mass is 35.5. The van der Waals surface area contributed by atoms with Gasteiger partial charge in [-0.05, 0) is 31.2 Å². The summed E-state index contributed by atoms with van der Waals surface area (Å²) in [5, 5.41) is 2.40. The number of hydrogen-bond donors (Lipinski definition) is 1. The number of esters is 1. The number of morpholine rings is 1. The summed E-state index contributed by atoms with van der Waals surface area (Å²) < 4.78 is 37.5. The topological polar surface area (TPSA) is 102 Å². The third-order valence-corrected chi connectivity index (χ3v) is 7.20. The van der Waals surface area contributed by atoms with E-state index >= 15 is 0 Å². The standard InChI is InChI=1S/C20H20Cl2N2O6S/c1-13(19(25)23-14-5-3-2-4-6-14)30-20(26)15-11-18(17(22)12-16(15)21)31(27,28)24-7-9-29-10-8-24/h2-6,11-13H,7-10H2,1H3,(H,23,25). The molecule has 1 atom stereocenters. The number of carbonyl (C=O) groups excluding carboxylic acids is 2. The second-order valence-electron chi connectivity index (χ2n) is 6.68. The smallest absolute Gasteiger partial charge is 0.340 e. The monoisotopic (exact) mass is 486 g/mol. The van der Waals surface area contributed by atoms with Gasteiger partial charge in [-0.3, -0.25) is 4.79 Å². The van der Waals surface area contributed by atoms with Gasteiger partial charge in [0.25, 0.3) is 5.91 Å². The van der Waals surface area contributed by atoms with Crippen LogP contribution in [-0.4, -0.2) is 57.0 Å². The molecule has 31 heavy (non-hydrogen) atoms. The molecule has 1 fully saturated rings. The van der Waals surface area contributed by atoms with Crippen LogP contribution < -0.4 is 5.32 Å². The van der Waals surface area contributed by atoms with E-state index in [1.165, 1.54) is 17.3 Å². The van der Waals surface area contributed by atoms with Gasteiger partial charge < -0.3 is 14.8 Å². The van der Waals surface area contributed by atoms with Crippen LogP contribution in [0.1, 0.15) is 17.3 Å². The summed E-state index contributed by atoms with van der Waals surface area (Å²) in [6.07, 6.45) is -1.15. The molecule has 0 aliphatic carbocycles. The van der Waals surface area contributed by atoms with Crippen LogP contribution in [0, 0.1) is 0 Å². The highest BCUT2D eigenvalue weighted by molar-refractivity contribution is 7.89. The average molecular weight is 487 g/mol. The summed E-state index contributed by atoms with van der Waals surface area (Å²) in [4.78, 5) is 24.7. The number of nitrogens with one attached hydrogen (secondary N) is 1. The lowest BCUT2D eigenvalue weighted by Gasteiger charge is -2.26. The molecule has 1 saturated heterocycles. The summed E-state index contributed by atoms with van der Waals surface area (Å²) in [6, 6.07) is 10.9. The molecule has 1 N–H and O–H groups in total. The van der Waals surface area contributed by atoms with E-state index in [-0.39, 0.29) is 46.8 Å². The van der Waals surface area contributed by atoms with Gasteiger partial charge in [0.1, 0.15) is 4.90 Å². The number of sulfonamides is 1. The second kappa shape index (κ2) is 9.97. The maximum Gasteiger partial charge on any atom is 0.340 e. The van der Waals surface area contributed by atoms with Gasteiger partial charge >= 0.3 is 5.97 Å². The Kier molecular flexibility index (Phi) is 7.55. The molecule has 3 rings (SSSR count). The fourth-order valence-corrected chi connectivity index (χ4v) is 5.09. The Morgan fingerprint density at radius 3 is 2.39 bits per heavy atom. The normalized spacial score (nSPS) is 15.8. The van der Waals surface area contributed by atoms with E-state index in [1.807, 2.05) is 0 Å². The Bertz CT molecular complexity index is 1070. The number of amides is 1. The molecule has 0 aromatic heterocycles. The number of hydrogen-bond acceptors (Lipinski definition) is 6. The Morgan fingerprint density at radius 2 is 1.74 bits per heavy atom. The number of ether oxygens (including phenoxy) is 2. The predicted octanol–water partition coefficient (Wildman–Crippen LogP) is 3.20. The van der Waals surface area contributed by atoms with Crippen LogP contribution in [-0.2, 0) is 24.3 Å². The maximum absolute atomic E-state index is 13.0. The van der Waals surface area contributed by atoms with Gasteiger partial charge in [0, 0.05) is 18.8 Å². The van der Waals surface area contributed by atoms with E-state index in [0.717, 1.165) is 6.07 Å². The van der Waals surface area contributed by atoms with Crippen molar-refractivity contribution in [2.24, 2.45) is 0 Å². The predicted molar refractivity (Wildman–Crippen MR) is 116 cm³/mol. The molecule has 0 saturated carbocycles. The molecule has 0 bridgehead atoms. The number of benzene rings is 2. The SMILES string of the molecule is CC(OC(=O)c1cc(S(=O)(=O)N2CCOCC2)c(Cl)cc1Cl)C(=O)Nc1ccccc1. The fraction of sp³-hybridized carbons (Fsp3) is 0.300. The maximum atomic E-state index is 13.0. The van der Waals surface area contributed by atoms with Crippen molar-refractivity contribution in [3.8, 4) is 0 Å². The summed E-state index contributed by atoms with van der Waals surface area (Å²) in [5.74, 6) is -1.50. The summed E-state index contributed by atoms with van der Waals surface area (Å²) in [6.45, 7) is 2.24. The molecule has 0 spiro atoms. The van der Waals surface area contributed by atoms with Crippen molar-refractivity contribution in [3.05, 3.63) is 58.1 Å². The van der Waals surface area contributed by atoms with Gasteiger partial charge in [0.2, 0.25) is 10.0 Å². The minimum absolute atomic E-state index is 0.0911. The van der Waals surface area contributed by atoms with E-state index < -0.39 is 28.0 Å². The zero-order chi connectivity index (χ0) is 22.6. The lowest BCUT2D eigenvalue weighted by atomic mass is 10.2. The van der Waals surface area contributed by atoms with Crippen molar-refractivity contribution in [1.29, 1.82) is 0 Å². The number of para-hydroxylation sites is 1.